The van der Waals surface area contributed by atoms with E-state index in [1.807, 2.05) is 30.5 Å². The van der Waals surface area contributed by atoms with Gasteiger partial charge in [-0.1, -0.05) is 24.3 Å². The molecule has 27 heavy (non-hydrogen) atoms. The van der Waals surface area contributed by atoms with Gasteiger partial charge in [0.05, 0.1) is 12.6 Å². The van der Waals surface area contributed by atoms with E-state index >= 15 is 0 Å². The zero-order chi connectivity index (χ0) is 18.5. The highest BCUT2D eigenvalue weighted by molar-refractivity contribution is 7.10. The maximum atomic E-state index is 6.02. The number of ether oxygens (including phenoxy) is 1. The van der Waals surface area contributed by atoms with Crippen molar-refractivity contribution in [3.8, 4) is 5.75 Å². The molecule has 2 aliphatic heterocycles. The molecule has 0 saturated carbocycles. The van der Waals surface area contributed by atoms with Gasteiger partial charge < -0.3 is 15.4 Å². The molecule has 0 radical (unpaired) electrons. The van der Waals surface area contributed by atoms with Gasteiger partial charge in [-0.25, -0.2) is 0 Å². The highest BCUT2D eigenvalue weighted by atomic mass is 32.1. The minimum atomic E-state index is 0.160. The van der Waals surface area contributed by atoms with E-state index in [4.69, 9.17) is 4.74 Å². The number of hydrogen-bond donors (Lipinski definition) is 2. The minimum Gasteiger partial charge on any atom is -0.488 e. The normalized spacial score (nSPS) is 20.9. The van der Waals surface area contributed by atoms with Crippen LogP contribution in [0.1, 0.15) is 29.3 Å². The lowest BCUT2D eigenvalue weighted by atomic mass is 10.1. The van der Waals surface area contributed by atoms with Crippen molar-refractivity contribution in [3.05, 3.63) is 52.2 Å². The third-order valence-corrected chi connectivity index (χ3v) is 6.32. The maximum absolute atomic E-state index is 6.02. The first kappa shape index (κ1) is 18.3. The monoisotopic (exact) mass is 384 g/mol. The summed E-state index contributed by atoms with van der Waals surface area (Å²) in [5, 5.41) is 9.13. The third-order valence-electron chi connectivity index (χ3n) is 5.35. The number of benzene rings is 1. The Labute approximate surface area is 165 Å². The lowest BCUT2D eigenvalue weighted by molar-refractivity contribution is 0.233. The van der Waals surface area contributed by atoms with Crippen molar-refractivity contribution in [1.29, 1.82) is 0 Å². The topological polar surface area (TPSA) is 48.9 Å². The number of hydrogen-bond acceptors (Lipinski definition) is 4. The van der Waals surface area contributed by atoms with Crippen LogP contribution in [0, 0.1) is 0 Å². The molecule has 0 amide bonds. The van der Waals surface area contributed by atoms with Crippen LogP contribution in [0.25, 0.3) is 0 Å². The molecule has 4 rings (SSSR count). The molecule has 2 unspecified atom stereocenters. The van der Waals surface area contributed by atoms with Gasteiger partial charge in [0.1, 0.15) is 11.9 Å². The predicted molar refractivity (Wildman–Crippen MR) is 112 cm³/mol. The Balaban J connectivity index is 1.29. The molecule has 1 fully saturated rings. The van der Waals surface area contributed by atoms with Gasteiger partial charge in [0, 0.05) is 24.9 Å². The van der Waals surface area contributed by atoms with Crippen molar-refractivity contribution < 1.29 is 4.74 Å². The molecule has 0 spiro atoms. The highest BCUT2D eigenvalue weighted by Crippen LogP contribution is 2.28. The van der Waals surface area contributed by atoms with Crippen molar-refractivity contribution in [3.63, 3.8) is 0 Å². The van der Waals surface area contributed by atoms with Crippen molar-refractivity contribution >= 4 is 17.3 Å². The van der Waals surface area contributed by atoms with Crippen molar-refractivity contribution in [2.75, 3.05) is 33.2 Å². The van der Waals surface area contributed by atoms with Crippen molar-refractivity contribution in [2.45, 2.75) is 31.4 Å². The van der Waals surface area contributed by atoms with Gasteiger partial charge in [-0.2, -0.15) is 0 Å². The predicted octanol–water partition coefficient (Wildman–Crippen LogP) is 3.05. The Morgan fingerprint density at radius 1 is 1.22 bits per heavy atom. The highest BCUT2D eigenvalue weighted by Gasteiger charge is 2.25. The fraction of sp³-hybridized carbons (Fsp3) is 0.476. The number of guanidine groups is 1. The standard InChI is InChI=1S/C21H28N4OS/c1-22-21(23-14-17-13-16-7-2-3-8-19(16)26-17)24-15-18(20-9-6-12-27-20)25-10-4-5-11-25/h2-3,6-9,12,17-18H,4-5,10-11,13-15H2,1H3,(H2,22,23,24). The van der Waals surface area contributed by atoms with Crippen molar-refractivity contribution in [1.82, 2.24) is 15.5 Å². The van der Waals surface area contributed by atoms with Gasteiger partial charge in [0.15, 0.2) is 5.96 Å². The van der Waals surface area contributed by atoms with E-state index in [1.54, 1.807) is 0 Å². The van der Waals surface area contributed by atoms with Gasteiger partial charge in [-0.3, -0.25) is 9.89 Å². The van der Waals surface area contributed by atoms with Crippen LogP contribution in [-0.2, 0) is 6.42 Å². The Kier molecular flexibility index (Phi) is 5.94. The van der Waals surface area contributed by atoms with Crippen LogP contribution in [0.2, 0.25) is 0 Å². The van der Waals surface area contributed by atoms with E-state index in [0.717, 1.165) is 31.2 Å². The molecular formula is C21H28N4OS. The quantitative estimate of drug-likeness (QED) is 0.594. The van der Waals surface area contributed by atoms with E-state index in [2.05, 4.69) is 50.2 Å². The molecule has 1 aromatic carbocycles. The van der Waals surface area contributed by atoms with E-state index < -0.39 is 0 Å². The Morgan fingerprint density at radius 3 is 2.81 bits per heavy atom. The van der Waals surface area contributed by atoms with Gasteiger partial charge >= 0.3 is 0 Å². The van der Waals surface area contributed by atoms with Gasteiger partial charge in [-0.05, 0) is 49.0 Å². The van der Waals surface area contributed by atoms with Crippen LogP contribution in [0.3, 0.4) is 0 Å². The summed E-state index contributed by atoms with van der Waals surface area (Å²) in [7, 11) is 1.83. The Morgan fingerprint density at radius 2 is 2.07 bits per heavy atom. The number of thiophene rings is 1. The second-order valence-corrected chi connectivity index (χ2v) is 8.14. The fourth-order valence-electron chi connectivity index (χ4n) is 3.94. The molecule has 2 aromatic rings. The first-order valence-corrected chi connectivity index (χ1v) is 10.7. The average Bonchev–Trinajstić information content (AvgIpc) is 3.46. The van der Waals surface area contributed by atoms with Crippen LogP contribution < -0.4 is 15.4 Å². The molecule has 0 aliphatic carbocycles. The van der Waals surface area contributed by atoms with Gasteiger partial charge in [-0.15, -0.1) is 11.3 Å². The Bertz CT molecular complexity index is 730. The molecule has 3 heterocycles. The number of nitrogens with one attached hydrogen (secondary N) is 2. The van der Waals surface area contributed by atoms with E-state index in [9.17, 15) is 0 Å². The van der Waals surface area contributed by atoms with Crippen LogP contribution >= 0.6 is 11.3 Å². The van der Waals surface area contributed by atoms with Crippen LogP contribution in [0.15, 0.2) is 46.8 Å². The largest absolute Gasteiger partial charge is 0.488 e. The number of rotatable bonds is 6. The van der Waals surface area contributed by atoms with Gasteiger partial charge in [0.25, 0.3) is 0 Å². The fourth-order valence-corrected chi connectivity index (χ4v) is 4.80. The number of likely N-dealkylation sites (tertiary alicyclic amines) is 1. The molecule has 2 N–H and O–H groups in total. The SMILES string of the molecule is CN=C(NCC1Cc2ccccc2O1)NCC(c1cccs1)N1CCCC1. The molecule has 1 saturated heterocycles. The molecule has 144 valence electrons. The summed E-state index contributed by atoms with van der Waals surface area (Å²) < 4.78 is 6.02. The maximum Gasteiger partial charge on any atom is 0.191 e. The third kappa shape index (κ3) is 4.45. The molecular weight excluding hydrogens is 356 g/mol. The minimum absolute atomic E-state index is 0.160. The summed E-state index contributed by atoms with van der Waals surface area (Å²) in [6.07, 6.45) is 3.71. The summed E-state index contributed by atoms with van der Waals surface area (Å²) >= 11 is 1.84. The first-order chi connectivity index (χ1) is 13.3. The summed E-state index contributed by atoms with van der Waals surface area (Å²) in [4.78, 5) is 8.41. The van der Waals surface area contributed by atoms with E-state index in [0.29, 0.717) is 6.04 Å². The molecule has 5 nitrogen and oxygen atoms in total. The molecule has 6 heteroatoms. The van der Waals surface area contributed by atoms with E-state index in [-0.39, 0.29) is 6.10 Å². The number of fused-ring (bicyclic) bond motifs is 1. The van der Waals surface area contributed by atoms with Crippen LogP contribution in [-0.4, -0.2) is 50.2 Å². The van der Waals surface area contributed by atoms with E-state index in [1.165, 1.54) is 36.4 Å². The zero-order valence-corrected chi connectivity index (χ0v) is 16.7. The lowest BCUT2D eigenvalue weighted by Crippen LogP contribution is -2.45. The molecule has 2 aliphatic rings. The van der Waals surface area contributed by atoms with Crippen LogP contribution in [0.4, 0.5) is 0 Å². The zero-order valence-electron chi connectivity index (χ0n) is 15.9. The second kappa shape index (κ2) is 8.76. The summed E-state index contributed by atoms with van der Waals surface area (Å²) in [6, 6.07) is 13.1. The summed E-state index contributed by atoms with van der Waals surface area (Å²) in [5.41, 5.74) is 1.29. The lowest BCUT2D eigenvalue weighted by Gasteiger charge is -2.27. The number of para-hydroxylation sites is 1. The van der Waals surface area contributed by atoms with Crippen LogP contribution in [0.5, 0.6) is 5.75 Å². The smallest absolute Gasteiger partial charge is 0.191 e. The Hall–Kier alpha value is -2.05. The average molecular weight is 385 g/mol. The summed E-state index contributed by atoms with van der Waals surface area (Å²) in [6.45, 7) is 3.99. The second-order valence-electron chi connectivity index (χ2n) is 7.16. The van der Waals surface area contributed by atoms with Gasteiger partial charge in [0.2, 0.25) is 0 Å². The number of nitrogens with zero attached hydrogens (tertiary/aromatic N) is 2. The summed E-state index contributed by atoms with van der Waals surface area (Å²) in [5.74, 6) is 1.86. The van der Waals surface area contributed by atoms with Crippen molar-refractivity contribution in [2.24, 2.45) is 4.99 Å². The number of aliphatic imine (C=N–C) groups is 1. The molecule has 1 aromatic heterocycles. The first-order valence-electron chi connectivity index (χ1n) is 9.80. The molecule has 0 bridgehead atoms. The molecule has 2 atom stereocenters.